The SMILES string of the molecule is COC(=O)c1c(S(=O)(=O)N2CCCCCCC2)sc2c1CCN(C(=O)c1cnsn1)C2. The fourth-order valence-corrected chi connectivity index (χ4v) is 8.00. The number of aromatic nitrogens is 2. The summed E-state index contributed by atoms with van der Waals surface area (Å²) < 4.78 is 41.4. The third-order valence-electron chi connectivity index (χ3n) is 5.67. The normalized spacial score (nSPS) is 18.2. The van der Waals surface area contributed by atoms with Gasteiger partial charge in [-0.15, -0.1) is 11.3 Å². The molecule has 0 N–H and O–H groups in total. The van der Waals surface area contributed by atoms with E-state index in [1.165, 1.54) is 17.6 Å². The number of sulfonamides is 1. The summed E-state index contributed by atoms with van der Waals surface area (Å²) >= 11 is 2.04. The topological polar surface area (TPSA) is 110 Å². The van der Waals surface area contributed by atoms with E-state index in [0.29, 0.717) is 36.5 Å². The lowest BCUT2D eigenvalue weighted by molar-refractivity contribution is 0.0595. The van der Waals surface area contributed by atoms with Gasteiger partial charge in [-0.1, -0.05) is 19.3 Å². The third kappa shape index (κ3) is 4.38. The van der Waals surface area contributed by atoms with E-state index in [1.54, 1.807) is 4.90 Å². The lowest BCUT2D eigenvalue weighted by Crippen LogP contribution is -2.36. The Bertz CT molecular complexity index is 1060. The van der Waals surface area contributed by atoms with Crippen molar-refractivity contribution in [2.45, 2.75) is 49.3 Å². The van der Waals surface area contributed by atoms with Gasteiger partial charge in [-0.25, -0.2) is 13.2 Å². The minimum absolute atomic E-state index is 0.0366. The van der Waals surface area contributed by atoms with Crippen LogP contribution < -0.4 is 0 Å². The molecule has 0 saturated carbocycles. The van der Waals surface area contributed by atoms with Crippen LogP contribution >= 0.6 is 23.1 Å². The van der Waals surface area contributed by atoms with Crippen molar-refractivity contribution in [1.82, 2.24) is 18.0 Å². The Morgan fingerprint density at radius 1 is 1.10 bits per heavy atom. The van der Waals surface area contributed by atoms with Gasteiger partial charge in [-0.3, -0.25) is 4.79 Å². The molecule has 31 heavy (non-hydrogen) atoms. The highest BCUT2D eigenvalue weighted by Crippen LogP contribution is 2.38. The molecule has 1 fully saturated rings. The number of carbonyl (C=O) groups excluding carboxylic acids is 2. The monoisotopic (exact) mass is 484 g/mol. The van der Waals surface area contributed by atoms with E-state index in [1.807, 2.05) is 0 Å². The van der Waals surface area contributed by atoms with Gasteiger partial charge in [0.05, 0.1) is 37.1 Å². The fourth-order valence-electron chi connectivity index (χ4n) is 4.04. The van der Waals surface area contributed by atoms with Gasteiger partial charge in [0.25, 0.3) is 15.9 Å². The van der Waals surface area contributed by atoms with Crippen LogP contribution in [0.15, 0.2) is 10.4 Å². The molecule has 1 amide bonds. The summed E-state index contributed by atoms with van der Waals surface area (Å²) in [4.78, 5) is 27.6. The lowest BCUT2D eigenvalue weighted by atomic mass is 10.0. The Morgan fingerprint density at radius 2 is 1.81 bits per heavy atom. The number of esters is 1. The van der Waals surface area contributed by atoms with Crippen LogP contribution in [0, 0.1) is 0 Å². The molecule has 2 aliphatic heterocycles. The molecule has 4 rings (SSSR count). The van der Waals surface area contributed by atoms with Crippen molar-refractivity contribution in [2.75, 3.05) is 26.7 Å². The number of hydrogen-bond donors (Lipinski definition) is 0. The molecule has 0 atom stereocenters. The molecule has 2 aromatic rings. The van der Waals surface area contributed by atoms with Crippen LogP contribution in [-0.4, -0.2) is 65.0 Å². The summed E-state index contributed by atoms with van der Waals surface area (Å²) in [6.45, 7) is 1.50. The second kappa shape index (κ2) is 9.31. The van der Waals surface area contributed by atoms with E-state index < -0.39 is 16.0 Å². The molecule has 0 spiro atoms. The molecule has 168 valence electrons. The molecule has 2 aromatic heterocycles. The van der Waals surface area contributed by atoms with E-state index >= 15 is 0 Å². The summed E-state index contributed by atoms with van der Waals surface area (Å²) in [5.74, 6) is -0.896. The molecule has 9 nitrogen and oxygen atoms in total. The van der Waals surface area contributed by atoms with Gasteiger partial charge in [0.15, 0.2) is 5.69 Å². The molecule has 0 bridgehead atoms. The number of rotatable bonds is 4. The second-order valence-electron chi connectivity index (χ2n) is 7.60. The van der Waals surface area contributed by atoms with Crippen molar-refractivity contribution < 1.29 is 22.7 Å². The highest BCUT2D eigenvalue weighted by molar-refractivity contribution is 7.91. The Morgan fingerprint density at radius 3 is 2.45 bits per heavy atom. The van der Waals surface area contributed by atoms with Crippen LogP contribution in [0.3, 0.4) is 0 Å². The number of carbonyl (C=O) groups is 2. The smallest absolute Gasteiger partial charge is 0.340 e. The number of nitrogens with zero attached hydrogens (tertiary/aromatic N) is 4. The average Bonchev–Trinajstić information content (AvgIpc) is 3.40. The summed E-state index contributed by atoms with van der Waals surface area (Å²) in [6.07, 6.45) is 6.54. The highest BCUT2D eigenvalue weighted by Gasteiger charge is 2.37. The summed E-state index contributed by atoms with van der Waals surface area (Å²) in [6, 6.07) is 0. The standard InChI is InChI=1S/C19H24N4O5S3/c1-28-18(25)16-13-7-10-22(17(24)14-11-20-30-21-14)12-15(13)29-19(16)31(26,27)23-8-5-3-2-4-6-9-23/h11H,2-10,12H2,1H3. The first-order chi connectivity index (χ1) is 14.9. The van der Waals surface area contributed by atoms with Gasteiger partial charge >= 0.3 is 5.97 Å². The van der Waals surface area contributed by atoms with Crippen molar-refractivity contribution in [2.24, 2.45) is 0 Å². The first-order valence-corrected chi connectivity index (χ1v) is 13.2. The van der Waals surface area contributed by atoms with E-state index in [9.17, 15) is 18.0 Å². The van der Waals surface area contributed by atoms with Crippen LogP contribution in [-0.2, 0) is 27.7 Å². The first kappa shape index (κ1) is 22.3. The van der Waals surface area contributed by atoms with Crippen LogP contribution in [0.2, 0.25) is 0 Å². The van der Waals surface area contributed by atoms with E-state index in [0.717, 1.165) is 55.2 Å². The Labute approximate surface area is 189 Å². The van der Waals surface area contributed by atoms with Crippen LogP contribution in [0.25, 0.3) is 0 Å². The van der Waals surface area contributed by atoms with E-state index in [-0.39, 0.29) is 27.9 Å². The largest absolute Gasteiger partial charge is 0.465 e. The van der Waals surface area contributed by atoms with Crippen molar-refractivity contribution in [3.63, 3.8) is 0 Å². The molecule has 0 aliphatic carbocycles. The number of amides is 1. The fraction of sp³-hybridized carbons (Fsp3) is 0.579. The zero-order chi connectivity index (χ0) is 22.0. The maximum Gasteiger partial charge on any atom is 0.340 e. The molecule has 1 saturated heterocycles. The summed E-state index contributed by atoms with van der Waals surface area (Å²) in [5, 5.41) is 0. The highest BCUT2D eigenvalue weighted by atomic mass is 32.2. The predicted octanol–water partition coefficient (Wildman–Crippen LogP) is 2.54. The molecule has 0 radical (unpaired) electrons. The van der Waals surface area contributed by atoms with Crippen molar-refractivity contribution in [1.29, 1.82) is 0 Å². The van der Waals surface area contributed by atoms with Gasteiger partial charge in [0.2, 0.25) is 0 Å². The first-order valence-electron chi connectivity index (χ1n) is 10.2. The minimum Gasteiger partial charge on any atom is -0.465 e. The maximum atomic E-state index is 13.5. The van der Waals surface area contributed by atoms with Crippen molar-refractivity contribution >= 4 is 45.0 Å². The molecular formula is C19H24N4O5S3. The number of ether oxygens (including phenoxy) is 1. The Kier molecular flexibility index (Phi) is 6.70. The number of fused-ring (bicyclic) bond motifs is 1. The second-order valence-corrected chi connectivity index (χ2v) is 11.4. The predicted molar refractivity (Wildman–Crippen MR) is 116 cm³/mol. The Balaban J connectivity index is 1.69. The summed E-state index contributed by atoms with van der Waals surface area (Å²) in [5.41, 5.74) is 1.07. The van der Waals surface area contributed by atoms with Crippen LogP contribution in [0.4, 0.5) is 0 Å². The third-order valence-corrected chi connectivity index (χ3v) is 9.76. The van der Waals surface area contributed by atoms with Gasteiger partial charge < -0.3 is 9.64 Å². The molecule has 4 heterocycles. The molecule has 0 unspecified atom stereocenters. The van der Waals surface area contributed by atoms with Crippen LogP contribution in [0.5, 0.6) is 0 Å². The zero-order valence-electron chi connectivity index (χ0n) is 17.2. The average molecular weight is 485 g/mol. The van der Waals surface area contributed by atoms with E-state index in [2.05, 4.69) is 8.75 Å². The van der Waals surface area contributed by atoms with Gasteiger partial charge in [0, 0.05) is 24.5 Å². The Hall–Kier alpha value is -1.89. The molecule has 0 aromatic carbocycles. The number of thiophene rings is 1. The van der Waals surface area contributed by atoms with Crippen molar-refractivity contribution in [3.05, 3.63) is 27.9 Å². The van der Waals surface area contributed by atoms with Gasteiger partial charge in [-0.05, 0) is 24.8 Å². The molecular weight excluding hydrogens is 460 g/mol. The van der Waals surface area contributed by atoms with Gasteiger partial charge in [-0.2, -0.15) is 13.1 Å². The molecule has 2 aliphatic rings. The molecule has 12 heteroatoms. The van der Waals surface area contributed by atoms with Crippen LogP contribution in [0.1, 0.15) is 63.4 Å². The van der Waals surface area contributed by atoms with Crippen molar-refractivity contribution in [3.8, 4) is 0 Å². The zero-order valence-corrected chi connectivity index (χ0v) is 19.7. The lowest BCUT2D eigenvalue weighted by Gasteiger charge is -2.26. The van der Waals surface area contributed by atoms with E-state index in [4.69, 9.17) is 4.74 Å². The summed E-state index contributed by atoms with van der Waals surface area (Å²) in [7, 11) is -2.58. The van der Waals surface area contributed by atoms with Gasteiger partial charge in [0.1, 0.15) is 4.21 Å². The minimum atomic E-state index is -3.84. The number of hydrogen-bond acceptors (Lipinski definition) is 9. The quantitative estimate of drug-likeness (QED) is 0.613. The maximum absolute atomic E-state index is 13.5. The number of methoxy groups -OCH3 is 1.